The van der Waals surface area contributed by atoms with E-state index < -0.39 is 22.4 Å². The maximum atomic E-state index is 12.3. The molecule has 3 aromatic rings. The smallest absolute Gasteiger partial charge is 0.338 e. The molecule has 6 heteroatoms. The van der Waals surface area contributed by atoms with E-state index in [-0.39, 0.29) is 16.2 Å². The Morgan fingerprint density at radius 3 is 2.31 bits per heavy atom. The van der Waals surface area contributed by atoms with Crippen molar-refractivity contribution in [1.82, 2.24) is 0 Å². The molecule has 0 bridgehead atoms. The van der Waals surface area contributed by atoms with Crippen LogP contribution in [0.15, 0.2) is 71.6 Å². The van der Waals surface area contributed by atoms with Crippen molar-refractivity contribution >= 4 is 32.4 Å². The van der Waals surface area contributed by atoms with Crippen molar-refractivity contribution in [3.8, 4) is 0 Å². The van der Waals surface area contributed by atoms with Crippen LogP contribution in [-0.2, 0) is 14.6 Å². The molecule has 0 spiro atoms. The van der Waals surface area contributed by atoms with Crippen molar-refractivity contribution in [3.63, 3.8) is 0 Å². The van der Waals surface area contributed by atoms with Crippen LogP contribution in [0.1, 0.15) is 20.7 Å². The number of fused-ring (bicyclic) bond motifs is 1. The van der Waals surface area contributed by atoms with Gasteiger partial charge in [-0.25, -0.2) is 13.2 Å². The number of esters is 1. The van der Waals surface area contributed by atoms with Crippen molar-refractivity contribution in [2.75, 3.05) is 12.9 Å². The van der Waals surface area contributed by atoms with E-state index in [1.54, 1.807) is 12.1 Å². The summed E-state index contributed by atoms with van der Waals surface area (Å²) in [6.45, 7) is -0.416. The fourth-order valence-electron chi connectivity index (χ4n) is 2.51. The molecule has 0 unspecified atom stereocenters. The monoisotopic (exact) mass is 368 g/mol. The van der Waals surface area contributed by atoms with Crippen molar-refractivity contribution < 1.29 is 22.7 Å². The van der Waals surface area contributed by atoms with Gasteiger partial charge in [-0.3, -0.25) is 4.79 Å². The van der Waals surface area contributed by atoms with Crippen LogP contribution in [0, 0.1) is 0 Å². The van der Waals surface area contributed by atoms with Gasteiger partial charge < -0.3 is 4.74 Å². The molecule has 26 heavy (non-hydrogen) atoms. The zero-order valence-electron chi connectivity index (χ0n) is 14.0. The number of ketones is 1. The van der Waals surface area contributed by atoms with Crippen LogP contribution < -0.4 is 0 Å². The van der Waals surface area contributed by atoms with Gasteiger partial charge in [0.2, 0.25) is 0 Å². The lowest BCUT2D eigenvalue weighted by molar-refractivity contribution is 0.0474. The molecule has 0 N–H and O–H groups in total. The van der Waals surface area contributed by atoms with E-state index in [1.165, 1.54) is 24.3 Å². The van der Waals surface area contributed by atoms with E-state index in [2.05, 4.69) is 0 Å². The number of ether oxygens (including phenoxy) is 1. The molecule has 0 atom stereocenters. The van der Waals surface area contributed by atoms with Gasteiger partial charge in [0.25, 0.3) is 0 Å². The van der Waals surface area contributed by atoms with Crippen LogP contribution in [0.3, 0.4) is 0 Å². The maximum Gasteiger partial charge on any atom is 0.338 e. The van der Waals surface area contributed by atoms with Gasteiger partial charge >= 0.3 is 5.97 Å². The highest BCUT2D eigenvalue weighted by atomic mass is 32.2. The molecule has 0 radical (unpaired) electrons. The van der Waals surface area contributed by atoms with Crippen molar-refractivity contribution in [2.24, 2.45) is 0 Å². The molecule has 0 aliphatic rings. The molecule has 132 valence electrons. The zero-order chi connectivity index (χ0) is 18.7. The molecule has 0 aliphatic carbocycles. The quantitative estimate of drug-likeness (QED) is 0.510. The molecule has 3 rings (SSSR count). The van der Waals surface area contributed by atoms with Crippen molar-refractivity contribution in [1.29, 1.82) is 0 Å². The molecule has 0 saturated heterocycles. The minimum atomic E-state index is -3.43. The summed E-state index contributed by atoms with van der Waals surface area (Å²) in [5, 5.41) is 1.93. The number of sulfone groups is 1. The standard InChI is InChI=1S/C20H16O5S/c1-26(23,24)18-8-4-7-17(12-18)20(22)25-13-19(21)16-10-9-14-5-2-3-6-15(14)11-16/h2-12H,13H2,1H3. The summed E-state index contributed by atoms with van der Waals surface area (Å²) >= 11 is 0. The lowest BCUT2D eigenvalue weighted by Crippen LogP contribution is -2.14. The Hall–Kier alpha value is -2.99. The van der Waals surface area contributed by atoms with E-state index in [0.717, 1.165) is 17.0 Å². The number of carbonyl (C=O) groups excluding carboxylic acids is 2. The van der Waals surface area contributed by atoms with Crippen LogP contribution in [-0.4, -0.2) is 33.0 Å². The first kappa shape index (κ1) is 17.8. The van der Waals surface area contributed by atoms with Crippen LogP contribution in [0.4, 0.5) is 0 Å². The Kier molecular flexibility index (Phi) is 4.86. The zero-order valence-corrected chi connectivity index (χ0v) is 14.8. The molecule has 5 nitrogen and oxygen atoms in total. The molecule has 3 aromatic carbocycles. The molecular formula is C20H16O5S. The Morgan fingerprint density at radius 1 is 0.846 bits per heavy atom. The Labute approximate surface area is 151 Å². The predicted octanol–water partition coefficient (Wildman–Crippen LogP) is 3.28. The molecule has 0 heterocycles. The van der Waals surface area contributed by atoms with Crippen molar-refractivity contribution in [3.05, 3.63) is 77.9 Å². The van der Waals surface area contributed by atoms with Crippen molar-refractivity contribution in [2.45, 2.75) is 4.90 Å². The molecule has 0 aromatic heterocycles. The van der Waals surface area contributed by atoms with E-state index in [1.807, 2.05) is 30.3 Å². The van der Waals surface area contributed by atoms with E-state index in [4.69, 9.17) is 4.74 Å². The Balaban J connectivity index is 1.71. The second kappa shape index (κ2) is 7.09. The lowest BCUT2D eigenvalue weighted by Gasteiger charge is -2.06. The highest BCUT2D eigenvalue weighted by Gasteiger charge is 2.15. The maximum absolute atomic E-state index is 12.3. The third-order valence-electron chi connectivity index (χ3n) is 3.90. The first-order valence-electron chi connectivity index (χ1n) is 7.84. The van der Waals surface area contributed by atoms with E-state index >= 15 is 0 Å². The summed E-state index contributed by atoms with van der Waals surface area (Å²) in [6, 6.07) is 18.4. The number of hydrogen-bond acceptors (Lipinski definition) is 5. The molecular weight excluding hydrogens is 352 g/mol. The second-order valence-electron chi connectivity index (χ2n) is 5.86. The van der Waals surface area contributed by atoms with Gasteiger partial charge in [0.15, 0.2) is 22.2 Å². The molecule has 0 saturated carbocycles. The van der Waals surface area contributed by atoms with Gasteiger partial charge in [-0.05, 0) is 35.0 Å². The first-order valence-corrected chi connectivity index (χ1v) is 9.73. The topological polar surface area (TPSA) is 77.5 Å². The number of hydrogen-bond donors (Lipinski definition) is 0. The number of Topliss-reactive ketones (excluding diaryl/α,β-unsaturated/α-hetero) is 1. The molecule has 0 aliphatic heterocycles. The van der Waals surface area contributed by atoms with Crippen LogP contribution in [0.25, 0.3) is 10.8 Å². The van der Waals surface area contributed by atoms with Crippen LogP contribution in [0.5, 0.6) is 0 Å². The van der Waals surface area contributed by atoms with Gasteiger partial charge in [-0.15, -0.1) is 0 Å². The summed E-state index contributed by atoms with van der Waals surface area (Å²) in [4.78, 5) is 24.4. The van der Waals surface area contributed by atoms with Gasteiger partial charge in [0.05, 0.1) is 10.5 Å². The summed E-state index contributed by atoms with van der Waals surface area (Å²) in [5.74, 6) is -1.08. The second-order valence-corrected chi connectivity index (χ2v) is 7.88. The fourth-order valence-corrected chi connectivity index (χ4v) is 3.18. The summed E-state index contributed by atoms with van der Waals surface area (Å²) in [7, 11) is -3.43. The third-order valence-corrected chi connectivity index (χ3v) is 5.01. The van der Waals surface area contributed by atoms with Gasteiger partial charge in [0.1, 0.15) is 0 Å². The SMILES string of the molecule is CS(=O)(=O)c1cccc(C(=O)OCC(=O)c2ccc3ccccc3c2)c1. The normalized spacial score (nSPS) is 11.3. The third kappa shape index (κ3) is 3.97. The fraction of sp³-hybridized carbons (Fsp3) is 0.100. The Bertz CT molecular complexity index is 1100. The van der Waals surface area contributed by atoms with Gasteiger partial charge in [-0.1, -0.05) is 42.5 Å². The van der Waals surface area contributed by atoms with Gasteiger partial charge in [-0.2, -0.15) is 0 Å². The largest absolute Gasteiger partial charge is 0.454 e. The number of rotatable bonds is 5. The highest BCUT2D eigenvalue weighted by molar-refractivity contribution is 7.90. The molecule has 0 fully saturated rings. The molecule has 0 amide bonds. The van der Waals surface area contributed by atoms with E-state index in [0.29, 0.717) is 5.56 Å². The summed E-state index contributed by atoms with van der Waals surface area (Å²) in [5.41, 5.74) is 0.528. The van der Waals surface area contributed by atoms with E-state index in [9.17, 15) is 18.0 Å². The van der Waals surface area contributed by atoms with Gasteiger partial charge in [0, 0.05) is 11.8 Å². The number of benzene rings is 3. The number of carbonyl (C=O) groups is 2. The van der Waals surface area contributed by atoms with Crippen LogP contribution in [0.2, 0.25) is 0 Å². The van der Waals surface area contributed by atoms with Crippen LogP contribution >= 0.6 is 0 Å². The summed E-state index contributed by atoms with van der Waals surface area (Å²) < 4.78 is 28.2. The minimum Gasteiger partial charge on any atom is -0.454 e. The Morgan fingerprint density at radius 2 is 1.58 bits per heavy atom. The predicted molar refractivity (Wildman–Crippen MR) is 98.1 cm³/mol. The highest BCUT2D eigenvalue weighted by Crippen LogP contribution is 2.16. The minimum absolute atomic E-state index is 0.0211. The lowest BCUT2D eigenvalue weighted by atomic mass is 10.0. The average molecular weight is 368 g/mol. The average Bonchev–Trinajstić information content (AvgIpc) is 2.64. The summed E-state index contributed by atoms with van der Waals surface area (Å²) in [6.07, 6.45) is 1.06. The first-order chi connectivity index (χ1) is 12.3.